The van der Waals surface area contributed by atoms with Gasteiger partial charge in [0.2, 0.25) is 11.1 Å². The van der Waals surface area contributed by atoms with E-state index in [1.165, 1.54) is 30.3 Å². The van der Waals surface area contributed by atoms with Gasteiger partial charge in [-0.15, -0.1) is 10.2 Å². The van der Waals surface area contributed by atoms with Crippen molar-refractivity contribution >= 4 is 39.7 Å². The maximum absolute atomic E-state index is 13.4. The molecule has 1 N–H and O–H groups in total. The fourth-order valence-corrected chi connectivity index (χ4v) is 4.36. The number of rotatable bonds is 3. The van der Waals surface area contributed by atoms with E-state index >= 15 is 0 Å². The topological polar surface area (TPSA) is 74.8 Å². The number of fused-ring (bicyclic) bond motifs is 3. The van der Waals surface area contributed by atoms with Gasteiger partial charge in [0.15, 0.2) is 5.65 Å². The van der Waals surface area contributed by atoms with E-state index in [1.54, 1.807) is 6.07 Å². The lowest BCUT2D eigenvalue weighted by Crippen LogP contribution is -2.48. The molecule has 0 bridgehead atoms. The van der Waals surface area contributed by atoms with Crippen molar-refractivity contribution in [1.29, 1.82) is 0 Å². The molecule has 3 heterocycles. The van der Waals surface area contributed by atoms with Crippen molar-refractivity contribution in [1.82, 2.24) is 25.1 Å². The SMILES string of the molecule is C[C@@H]1CCC[C@H](C)N1C(=O)CSc1nnc2c(n1)[nH]c1ccc(F)cc12. The number of aromatic amines is 1. The van der Waals surface area contributed by atoms with Gasteiger partial charge in [-0.1, -0.05) is 11.8 Å². The molecule has 4 rings (SSSR count). The van der Waals surface area contributed by atoms with E-state index in [-0.39, 0.29) is 29.6 Å². The number of H-pyrrole nitrogens is 1. The maximum atomic E-state index is 13.4. The predicted molar refractivity (Wildman–Crippen MR) is 99.5 cm³/mol. The van der Waals surface area contributed by atoms with Crippen LogP contribution in [-0.2, 0) is 4.79 Å². The van der Waals surface area contributed by atoms with Crippen LogP contribution in [0.25, 0.3) is 22.1 Å². The first-order valence-corrected chi connectivity index (χ1v) is 9.77. The van der Waals surface area contributed by atoms with Gasteiger partial charge in [-0.05, 0) is 51.3 Å². The lowest BCUT2D eigenvalue weighted by molar-refractivity contribution is -0.134. The van der Waals surface area contributed by atoms with Gasteiger partial charge >= 0.3 is 0 Å². The van der Waals surface area contributed by atoms with Gasteiger partial charge in [-0.3, -0.25) is 4.79 Å². The average Bonchev–Trinajstić information content (AvgIpc) is 2.97. The third kappa shape index (κ3) is 3.13. The monoisotopic (exact) mass is 373 g/mol. The van der Waals surface area contributed by atoms with E-state index in [1.807, 2.05) is 4.90 Å². The third-order valence-electron chi connectivity index (χ3n) is 4.96. The molecular weight excluding hydrogens is 353 g/mol. The Morgan fingerprint density at radius 2 is 2.08 bits per heavy atom. The second-order valence-corrected chi connectivity index (χ2v) is 7.77. The molecule has 26 heavy (non-hydrogen) atoms. The number of aromatic nitrogens is 4. The molecule has 0 unspecified atom stereocenters. The van der Waals surface area contributed by atoms with E-state index in [0.29, 0.717) is 21.7 Å². The minimum Gasteiger partial charge on any atom is -0.338 e. The highest BCUT2D eigenvalue weighted by atomic mass is 32.2. The fraction of sp³-hybridized carbons (Fsp3) is 0.444. The summed E-state index contributed by atoms with van der Waals surface area (Å²) in [5, 5.41) is 9.37. The first-order valence-electron chi connectivity index (χ1n) is 8.78. The van der Waals surface area contributed by atoms with Crippen LogP contribution in [-0.4, -0.2) is 48.8 Å². The molecule has 8 heteroatoms. The van der Waals surface area contributed by atoms with Crippen molar-refractivity contribution in [2.45, 2.75) is 50.4 Å². The average molecular weight is 373 g/mol. The predicted octanol–water partition coefficient (Wildman–Crippen LogP) is 3.53. The van der Waals surface area contributed by atoms with E-state index < -0.39 is 0 Å². The molecule has 136 valence electrons. The van der Waals surface area contributed by atoms with Crippen molar-refractivity contribution < 1.29 is 9.18 Å². The van der Waals surface area contributed by atoms with Crippen LogP contribution < -0.4 is 0 Å². The lowest BCUT2D eigenvalue weighted by Gasteiger charge is -2.39. The number of hydrogen-bond acceptors (Lipinski definition) is 5. The van der Waals surface area contributed by atoms with Crippen LogP contribution in [0.2, 0.25) is 0 Å². The number of hydrogen-bond donors (Lipinski definition) is 1. The molecule has 1 aliphatic heterocycles. The summed E-state index contributed by atoms with van der Waals surface area (Å²) in [6.45, 7) is 4.21. The number of nitrogens with zero attached hydrogens (tertiary/aromatic N) is 4. The molecule has 1 amide bonds. The fourth-order valence-electron chi connectivity index (χ4n) is 3.70. The van der Waals surface area contributed by atoms with Crippen LogP contribution >= 0.6 is 11.8 Å². The summed E-state index contributed by atoms with van der Waals surface area (Å²) in [6.07, 6.45) is 3.27. The third-order valence-corrected chi connectivity index (χ3v) is 5.79. The number of thioether (sulfide) groups is 1. The number of halogens is 1. The van der Waals surface area contributed by atoms with Gasteiger partial charge in [0.05, 0.1) is 5.75 Å². The highest BCUT2D eigenvalue weighted by molar-refractivity contribution is 7.99. The molecule has 1 aliphatic rings. The van der Waals surface area contributed by atoms with Crippen LogP contribution in [0, 0.1) is 5.82 Å². The molecule has 0 radical (unpaired) electrons. The second kappa shape index (κ2) is 6.83. The Morgan fingerprint density at radius 1 is 1.31 bits per heavy atom. The normalized spacial score (nSPS) is 20.8. The number of nitrogens with one attached hydrogen (secondary N) is 1. The van der Waals surface area contributed by atoms with Gasteiger partial charge in [0.1, 0.15) is 11.3 Å². The molecule has 2 atom stereocenters. The number of likely N-dealkylation sites (tertiary alicyclic amines) is 1. The van der Waals surface area contributed by atoms with E-state index in [4.69, 9.17) is 0 Å². The zero-order valence-corrected chi connectivity index (χ0v) is 15.5. The maximum Gasteiger partial charge on any atom is 0.233 e. The highest BCUT2D eigenvalue weighted by Gasteiger charge is 2.28. The van der Waals surface area contributed by atoms with Gasteiger partial charge < -0.3 is 9.88 Å². The summed E-state index contributed by atoms with van der Waals surface area (Å²) < 4.78 is 13.4. The van der Waals surface area contributed by atoms with Crippen molar-refractivity contribution in [2.75, 3.05) is 5.75 Å². The Bertz CT molecular complexity index is 965. The van der Waals surface area contributed by atoms with Crippen LogP contribution in [0.3, 0.4) is 0 Å². The largest absolute Gasteiger partial charge is 0.338 e. The molecule has 2 aromatic heterocycles. The van der Waals surface area contributed by atoms with E-state index in [2.05, 4.69) is 34.0 Å². The van der Waals surface area contributed by atoms with Gasteiger partial charge in [0.25, 0.3) is 0 Å². The summed E-state index contributed by atoms with van der Waals surface area (Å²) in [5.41, 5.74) is 1.85. The highest BCUT2D eigenvalue weighted by Crippen LogP contribution is 2.26. The minimum absolute atomic E-state index is 0.108. The first-order chi connectivity index (χ1) is 12.5. The van der Waals surface area contributed by atoms with Gasteiger partial charge in [-0.25, -0.2) is 9.37 Å². The van der Waals surface area contributed by atoms with Crippen LogP contribution in [0.15, 0.2) is 23.4 Å². The molecule has 6 nitrogen and oxygen atoms in total. The minimum atomic E-state index is -0.325. The zero-order chi connectivity index (χ0) is 18.3. The molecule has 0 aliphatic carbocycles. The number of carbonyl (C=O) groups is 1. The molecule has 0 saturated carbocycles. The van der Waals surface area contributed by atoms with Crippen LogP contribution in [0.1, 0.15) is 33.1 Å². The number of carbonyl (C=O) groups excluding carboxylic acids is 1. The van der Waals surface area contributed by atoms with Crippen LogP contribution in [0.5, 0.6) is 0 Å². The molecular formula is C18H20FN5OS. The first kappa shape index (κ1) is 17.2. The van der Waals surface area contributed by atoms with Gasteiger partial charge in [0, 0.05) is 23.0 Å². The summed E-state index contributed by atoms with van der Waals surface area (Å²) in [6, 6.07) is 5.01. The summed E-state index contributed by atoms with van der Waals surface area (Å²) in [7, 11) is 0. The van der Waals surface area contributed by atoms with Crippen molar-refractivity contribution in [2.24, 2.45) is 0 Å². The molecule has 1 fully saturated rings. The van der Waals surface area contributed by atoms with Crippen molar-refractivity contribution in [3.8, 4) is 0 Å². The number of piperidine rings is 1. The lowest BCUT2D eigenvalue weighted by atomic mass is 9.98. The summed E-state index contributed by atoms with van der Waals surface area (Å²) in [5.74, 6) is 0.0719. The Kier molecular flexibility index (Phi) is 4.52. The molecule has 0 spiro atoms. The second-order valence-electron chi connectivity index (χ2n) is 6.83. The molecule has 1 aromatic carbocycles. The Hall–Kier alpha value is -2.22. The standard InChI is InChI=1S/C18H20FN5OS/c1-10-4-3-5-11(2)24(10)15(25)9-26-18-21-17-16(22-23-18)13-8-12(19)6-7-14(13)20-17/h6-8,10-11H,3-5,9H2,1-2H3,(H,20,21,23)/t10-,11+. The Labute approximate surface area is 154 Å². The van der Waals surface area contributed by atoms with E-state index in [0.717, 1.165) is 18.4 Å². The van der Waals surface area contributed by atoms with Crippen molar-refractivity contribution in [3.05, 3.63) is 24.0 Å². The summed E-state index contributed by atoms with van der Waals surface area (Å²) >= 11 is 1.28. The van der Waals surface area contributed by atoms with Gasteiger partial charge in [-0.2, -0.15) is 0 Å². The molecule has 3 aromatic rings. The zero-order valence-electron chi connectivity index (χ0n) is 14.7. The molecule has 1 saturated heterocycles. The number of amides is 1. The number of benzene rings is 1. The van der Waals surface area contributed by atoms with Crippen LogP contribution in [0.4, 0.5) is 4.39 Å². The van der Waals surface area contributed by atoms with E-state index in [9.17, 15) is 9.18 Å². The van der Waals surface area contributed by atoms with Crippen molar-refractivity contribution in [3.63, 3.8) is 0 Å². The Morgan fingerprint density at radius 3 is 2.85 bits per heavy atom. The Balaban J connectivity index is 1.52. The smallest absolute Gasteiger partial charge is 0.233 e. The summed E-state index contributed by atoms with van der Waals surface area (Å²) in [4.78, 5) is 22.2. The quantitative estimate of drug-likeness (QED) is 0.711.